The summed E-state index contributed by atoms with van der Waals surface area (Å²) in [6, 6.07) is 17.3. The third kappa shape index (κ3) is 6.24. The van der Waals surface area contributed by atoms with Gasteiger partial charge in [0, 0.05) is 11.3 Å². The van der Waals surface area contributed by atoms with E-state index in [9.17, 15) is 9.59 Å². The number of primary amides is 1. The molecule has 0 atom stereocenters. The maximum absolute atomic E-state index is 10.4. The maximum atomic E-state index is 10.4. The first-order valence-electron chi connectivity index (χ1n) is 5.46. The Morgan fingerprint density at radius 2 is 1.37 bits per heavy atom. The van der Waals surface area contributed by atoms with E-state index >= 15 is 0 Å². The molecule has 0 aliphatic heterocycles. The summed E-state index contributed by atoms with van der Waals surface area (Å²) in [4.78, 5) is 20.7. The van der Waals surface area contributed by atoms with Crippen molar-refractivity contribution in [2.45, 2.75) is 0 Å². The summed E-state index contributed by atoms with van der Waals surface area (Å²) in [6.07, 6.45) is 0. The van der Waals surface area contributed by atoms with Crippen LogP contribution in [0.4, 0.5) is 10.5 Å². The topological polar surface area (TPSA) is 72.2 Å². The molecule has 98 valence electrons. The van der Waals surface area contributed by atoms with Crippen molar-refractivity contribution in [3.05, 3.63) is 66.2 Å². The molecule has 0 saturated heterocycles. The summed E-state index contributed by atoms with van der Waals surface area (Å²) in [5.41, 5.74) is 6.13. The van der Waals surface area contributed by atoms with Crippen LogP contribution in [-0.4, -0.2) is 11.3 Å². The number of urea groups is 1. The number of rotatable bonds is 2. The molecule has 0 bridgehead atoms. The highest BCUT2D eigenvalue weighted by Crippen LogP contribution is 2.03. The van der Waals surface area contributed by atoms with E-state index in [1.54, 1.807) is 36.4 Å². The molecular weight excluding hydrogens is 264 g/mol. The number of hydrogen-bond donors (Lipinski definition) is 2. The molecule has 0 heterocycles. The zero-order valence-electron chi connectivity index (χ0n) is 10.0. The number of nitrogens with one attached hydrogen (secondary N) is 1. The molecular formula is C14H13ClN2O2. The highest BCUT2D eigenvalue weighted by Gasteiger charge is 1.96. The van der Waals surface area contributed by atoms with E-state index in [1.165, 1.54) is 0 Å². The standard InChI is InChI=1S/C7H5ClO.C7H8N2O/c8-7(9)6-4-2-1-3-5-6;8-7(10)9-6-4-2-1-3-5-6/h1-5H;1-5H,(H3,8,9,10). The van der Waals surface area contributed by atoms with Crippen LogP contribution in [0.25, 0.3) is 0 Å². The summed E-state index contributed by atoms with van der Waals surface area (Å²) >= 11 is 5.16. The lowest BCUT2D eigenvalue weighted by Gasteiger charge is -1.97. The highest BCUT2D eigenvalue weighted by molar-refractivity contribution is 6.67. The number of carbonyl (C=O) groups excluding carboxylic acids is 2. The second kappa shape index (κ2) is 7.89. The Morgan fingerprint density at radius 1 is 0.895 bits per heavy atom. The van der Waals surface area contributed by atoms with E-state index in [2.05, 4.69) is 5.32 Å². The first-order chi connectivity index (χ1) is 9.09. The van der Waals surface area contributed by atoms with Crippen LogP contribution >= 0.6 is 11.6 Å². The van der Waals surface area contributed by atoms with E-state index < -0.39 is 11.3 Å². The van der Waals surface area contributed by atoms with Crippen molar-refractivity contribution in [2.75, 3.05) is 5.32 Å². The summed E-state index contributed by atoms with van der Waals surface area (Å²) in [6.45, 7) is 0. The van der Waals surface area contributed by atoms with Crippen molar-refractivity contribution in [3.8, 4) is 0 Å². The molecule has 0 unspecified atom stereocenters. The largest absolute Gasteiger partial charge is 0.351 e. The summed E-state index contributed by atoms with van der Waals surface area (Å²) in [7, 11) is 0. The van der Waals surface area contributed by atoms with Gasteiger partial charge >= 0.3 is 6.03 Å². The van der Waals surface area contributed by atoms with E-state index in [0.29, 0.717) is 5.56 Å². The van der Waals surface area contributed by atoms with Crippen molar-refractivity contribution in [3.63, 3.8) is 0 Å². The maximum Gasteiger partial charge on any atom is 0.316 e. The van der Waals surface area contributed by atoms with Gasteiger partial charge in [-0.25, -0.2) is 4.79 Å². The van der Waals surface area contributed by atoms with Gasteiger partial charge in [-0.3, -0.25) is 4.79 Å². The lowest BCUT2D eigenvalue weighted by molar-refractivity contribution is 0.108. The van der Waals surface area contributed by atoms with Crippen LogP contribution in [0.3, 0.4) is 0 Å². The van der Waals surface area contributed by atoms with Gasteiger partial charge < -0.3 is 11.1 Å². The molecule has 2 rings (SSSR count). The molecule has 2 amide bonds. The van der Waals surface area contributed by atoms with Crippen LogP contribution in [0, 0.1) is 0 Å². The van der Waals surface area contributed by atoms with Crippen LogP contribution in [-0.2, 0) is 0 Å². The number of amides is 2. The van der Waals surface area contributed by atoms with Crippen LogP contribution in [0.1, 0.15) is 10.4 Å². The third-order valence-electron chi connectivity index (χ3n) is 2.04. The Balaban J connectivity index is 0.000000191. The molecule has 0 aliphatic carbocycles. The smallest absolute Gasteiger partial charge is 0.316 e. The first kappa shape index (κ1) is 14.7. The van der Waals surface area contributed by atoms with Crippen LogP contribution in [0.15, 0.2) is 60.7 Å². The Hall–Kier alpha value is -2.33. The molecule has 0 saturated carbocycles. The molecule has 0 spiro atoms. The van der Waals surface area contributed by atoms with Gasteiger partial charge in [0.25, 0.3) is 5.24 Å². The number of nitrogens with two attached hydrogens (primary N) is 1. The number of anilines is 1. The molecule has 19 heavy (non-hydrogen) atoms. The fourth-order valence-corrected chi connectivity index (χ4v) is 1.36. The summed E-state index contributed by atoms with van der Waals surface area (Å²) < 4.78 is 0. The Kier molecular flexibility index (Phi) is 6.12. The number of carbonyl (C=O) groups is 2. The monoisotopic (exact) mass is 276 g/mol. The van der Waals surface area contributed by atoms with Gasteiger partial charge in [0.15, 0.2) is 0 Å². The molecule has 0 aromatic heterocycles. The molecule has 2 aromatic rings. The van der Waals surface area contributed by atoms with Gasteiger partial charge in [-0.15, -0.1) is 0 Å². The lowest BCUT2D eigenvalue weighted by atomic mass is 10.2. The van der Waals surface area contributed by atoms with Gasteiger partial charge in [0.05, 0.1) is 0 Å². The fraction of sp³-hybridized carbons (Fsp3) is 0. The number of hydrogen-bond acceptors (Lipinski definition) is 2. The van der Waals surface area contributed by atoms with Crippen molar-refractivity contribution < 1.29 is 9.59 Å². The van der Waals surface area contributed by atoms with Gasteiger partial charge in [0.1, 0.15) is 0 Å². The van der Waals surface area contributed by atoms with Gasteiger partial charge in [-0.2, -0.15) is 0 Å². The highest BCUT2D eigenvalue weighted by atomic mass is 35.5. The van der Waals surface area contributed by atoms with Crippen LogP contribution in [0.2, 0.25) is 0 Å². The normalized spacial score (nSPS) is 8.89. The minimum absolute atomic E-state index is 0.407. The second-order valence-corrected chi connectivity index (χ2v) is 3.84. The van der Waals surface area contributed by atoms with E-state index in [4.69, 9.17) is 17.3 Å². The minimum Gasteiger partial charge on any atom is -0.351 e. The first-order valence-corrected chi connectivity index (χ1v) is 5.84. The van der Waals surface area contributed by atoms with Crippen molar-refractivity contribution in [1.82, 2.24) is 0 Å². The van der Waals surface area contributed by atoms with Gasteiger partial charge in [-0.1, -0.05) is 48.5 Å². The fourth-order valence-electron chi connectivity index (χ4n) is 1.23. The van der Waals surface area contributed by atoms with Crippen molar-refractivity contribution in [1.29, 1.82) is 0 Å². The SMILES string of the molecule is NC(=O)Nc1ccccc1.O=C(Cl)c1ccccc1. The van der Waals surface area contributed by atoms with E-state index in [1.807, 2.05) is 24.3 Å². The van der Waals surface area contributed by atoms with Gasteiger partial charge in [0.2, 0.25) is 0 Å². The van der Waals surface area contributed by atoms with Crippen LogP contribution < -0.4 is 11.1 Å². The predicted molar refractivity (Wildman–Crippen MR) is 76.3 cm³/mol. The lowest BCUT2D eigenvalue weighted by Crippen LogP contribution is -2.18. The zero-order valence-corrected chi connectivity index (χ0v) is 10.8. The average molecular weight is 277 g/mol. The summed E-state index contributed by atoms with van der Waals surface area (Å²) in [5, 5.41) is 2.04. The van der Waals surface area contributed by atoms with Crippen LogP contribution in [0.5, 0.6) is 0 Å². The molecule has 2 aromatic carbocycles. The minimum atomic E-state index is -0.536. The Bertz CT molecular complexity index is 530. The number of benzene rings is 2. The molecule has 0 aliphatic rings. The second-order valence-electron chi connectivity index (χ2n) is 3.50. The molecule has 0 fully saturated rings. The molecule has 0 radical (unpaired) electrons. The third-order valence-corrected chi connectivity index (χ3v) is 2.26. The zero-order chi connectivity index (χ0) is 14.1. The van der Waals surface area contributed by atoms with Crippen molar-refractivity contribution >= 4 is 28.6 Å². The number of para-hydroxylation sites is 1. The average Bonchev–Trinajstić information content (AvgIpc) is 2.41. The summed E-state index contributed by atoms with van der Waals surface area (Å²) in [5.74, 6) is 0. The molecule has 5 heteroatoms. The van der Waals surface area contributed by atoms with E-state index in [0.717, 1.165) is 5.69 Å². The van der Waals surface area contributed by atoms with E-state index in [-0.39, 0.29) is 0 Å². The van der Waals surface area contributed by atoms with Gasteiger partial charge in [-0.05, 0) is 23.7 Å². The molecule has 4 nitrogen and oxygen atoms in total. The molecule has 3 N–H and O–H groups in total. The Morgan fingerprint density at radius 3 is 1.74 bits per heavy atom. The predicted octanol–water partition coefficient (Wildman–Crippen LogP) is 3.24. The number of halogens is 1. The Labute approximate surface area is 116 Å². The quantitative estimate of drug-likeness (QED) is 0.827. The van der Waals surface area contributed by atoms with Crippen molar-refractivity contribution in [2.24, 2.45) is 5.73 Å².